The van der Waals surface area contributed by atoms with E-state index >= 15 is 0 Å². The number of hydrogen-bond donors (Lipinski definition) is 0. The number of aromatic nitrogens is 3. The Bertz CT molecular complexity index is 310. The van der Waals surface area contributed by atoms with Gasteiger partial charge in [0.2, 0.25) is 4.73 Å². The molecule has 2 rings (SSSR count). The first-order valence-electron chi connectivity index (χ1n) is 4.63. The Hall–Kier alpha value is 0.0600. The van der Waals surface area contributed by atoms with E-state index in [-0.39, 0.29) is 6.10 Å². The van der Waals surface area contributed by atoms with Crippen molar-refractivity contribution in [3.05, 3.63) is 9.47 Å². The predicted molar refractivity (Wildman–Crippen MR) is 59.0 cm³/mol. The SMILES string of the molecule is Brc1nc(Br)n(C[C@H]2CCCCO2)n1. The molecule has 0 saturated carbocycles. The molecule has 2 heterocycles. The Morgan fingerprint density at radius 2 is 2.29 bits per heavy atom. The number of rotatable bonds is 2. The van der Waals surface area contributed by atoms with E-state index in [1.165, 1.54) is 12.8 Å². The molecule has 0 aromatic carbocycles. The Morgan fingerprint density at radius 3 is 2.86 bits per heavy atom. The fourth-order valence-electron chi connectivity index (χ4n) is 1.56. The van der Waals surface area contributed by atoms with E-state index in [4.69, 9.17) is 4.74 Å². The summed E-state index contributed by atoms with van der Waals surface area (Å²) >= 11 is 6.58. The first kappa shape index (κ1) is 10.6. The lowest BCUT2D eigenvalue weighted by Crippen LogP contribution is -2.25. The quantitative estimate of drug-likeness (QED) is 0.838. The maximum Gasteiger partial charge on any atom is 0.218 e. The Balaban J connectivity index is 1.98. The van der Waals surface area contributed by atoms with Gasteiger partial charge in [-0.25, -0.2) is 4.68 Å². The molecule has 0 unspecified atom stereocenters. The van der Waals surface area contributed by atoms with Crippen LogP contribution in [0.5, 0.6) is 0 Å². The van der Waals surface area contributed by atoms with E-state index in [9.17, 15) is 0 Å². The minimum atomic E-state index is 0.286. The highest BCUT2D eigenvalue weighted by molar-refractivity contribution is 9.11. The van der Waals surface area contributed by atoms with Crippen molar-refractivity contribution in [2.75, 3.05) is 6.61 Å². The van der Waals surface area contributed by atoms with Gasteiger partial charge in [-0.15, -0.1) is 5.10 Å². The van der Waals surface area contributed by atoms with E-state index in [1.54, 1.807) is 0 Å². The zero-order valence-corrected chi connectivity index (χ0v) is 10.8. The van der Waals surface area contributed by atoms with Crippen LogP contribution in [0.15, 0.2) is 9.47 Å². The maximum atomic E-state index is 5.62. The smallest absolute Gasteiger partial charge is 0.218 e. The van der Waals surface area contributed by atoms with E-state index in [2.05, 4.69) is 41.9 Å². The Labute approximate surface area is 99.3 Å². The number of nitrogens with zero attached hydrogens (tertiary/aromatic N) is 3. The summed E-state index contributed by atoms with van der Waals surface area (Å²) in [4.78, 5) is 4.11. The molecular weight excluding hydrogens is 314 g/mol. The molecule has 4 nitrogen and oxygen atoms in total. The van der Waals surface area contributed by atoms with Gasteiger partial charge >= 0.3 is 0 Å². The monoisotopic (exact) mass is 323 g/mol. The second-order valence-corrected chi connectivity index (χ2v) is 4.74. The summed E-state index contributed by atoms with van der Waals surface area (Å²) < 4.78 is 8.80. The highest BCUT2D eigenvalue weighted by Gasteiger charge is 2.16. The highest BCUT2D eigenvalue weighted by atomic mass is 79.9. The van der Waals surface area contributed by atoms with Crippen molar-refractivity contribution in [1.29, 1.82) is 0 Å². The van der Waals surface area contributed by atoms with Crippen molar-refractivity contribution < 1.29 is 4.74 Å². The van der Waals surface area contributed by atoms with Crippen LogP contribution in [0, 0.1) is 0 Å². The molecular formula is C8H11Br2N3O. The van der Waals surface area contributed by atoms with Gasteiger partial charge in [0, 0.05) is 6.61 Å². The van der Waals surface area contributed by atoms with Crippen molar-refractivity contribution >= 4 is 31.9 Å². The predicted octanol–water partition coefficient (Wildman–Crippen LogP) is 2.37. The molecule has 78 valence electrons. The largest absolute Gasteiger partial charge is 0.376 e. The first-order valence-corrected chi connectivity index (χ1v) is 6.22. The third-order valence-corrected chi connectivity index (χ3v) is 3.17. The standard InChI is InChI=1S/C8H11Br2N3O/c9-7-11-8(10)13(12-7)5-6-3-1-2-4-14-6/h6H,1-5H2/t6-/m1/s1. The van der Waals surface area contributed by atoms with E-state index < -0.39 is 0 Å². The van der Waals surface area contributed by atoms with Gasteiger partial charge in [0.15, 0.2) is 4.73 Å². The topological polar surface area (TPSA) is 39.9 Å². The van der Waals surface area contributed by atoms with Gasteiger partial charge in [-0.1, -0.05) is 0 Å². The van der Waals surface area contributed by atoms with E-state index in [0.29, 0.717) is 4.73 Å². The zero-order chi connectivity index (χ0) is 9.97. The molecule has 0 aliphatic carbocycles. The van der Waals surface area contributed by atoms with Crippen molar-refractivity contribution in [2.45, 2.75) is 31.9 Å². The molecule has 1 aromatic heterocycles. The van der Waals surface area contributed by atoms with Gasteiger partial charge in [0.1, 0.15) is 0 Å². The number of halogens is 2. The summed E-state index contributed by atoms with van der Waals surface area (Å²) in [6.45, 7) is 1.65. The second kappa shape index (κ2) is 4.72. The van der Waals surface area contributed by atoms with Gasteiger partial charge in [0.05, 0.1) is 12.6 Å². The first-order chi connectivity index (χ1) is 6.75. The average Bonchev–Trinajstić information content (AvgIpc) is 2.47. The molecule has 1 saturated heterocycles. The molecule has 14 heavy (non-hydrogen) atoms. The van der Waals surface area contributed by atoms with Crippen LogP contribution in [0.1, 0.15) is 19.3 Å². The van der Waals surface area contributed by atoms with Gasteiger partial charge in [-0.3, -0.25) is 0 Å². The van der Waals surface area contributed by atoms with Crippen LogP contribution in [0.2, 0.25) is 0 Å². The van der Waals surface area contributed by atoms with Gasteiger partial charge in [0.25, 0.3) is 0 Å². The molecule has 0 spiro atoms. The summed E-state index contributed by atoms with van der Waals surface area (Å²) in [5.41, 5.74) is 0. The van der Waals surface area contributed by atoms with Crippen LogP contribution in [0.3, 0.4) is 0 Å². The van der Waals surface area contributed by atoms with Gasteiger partial charge < -0.3 is 4.74 Å². The lowest BCUT2D eigenvalue weighted by molar-refractivity contribution is 0.00349. The van der Waals surface area contributed by atoms with Crippen LogP contribution in [-0.4, -0.2) is 27.5 Å². The summed E-state index contributed by atoms with van der Waals surface area (Å²) in [7, 11) is 0. The maximum absolute atomic E-state index is 5.62. The molecule has 0 bridgehead atoms. The summed E-state index contributed by atoms with van der Waals surface area (Å²) in [6, 6.07) is 0. The zero-order valence-electron chi connectivity index (χ0n) is 7.62. The summed E-state index contributed by atoms with van der Waals surface area (Å²) in [5.74, 6) is 0. The normalized spacial score (nSPS) is 22.6. The third kappa shape index (κ3) is 2.55. The second-order valence-electron chi connectivity index (χ2n) is 3.32. The molecule has 1 aromatic rings. The average molecular weight is 325 g/mol. The molecule has 0 radical (unpaired) electrons. The third-order valence-electron chi connectivity index (χ3n) is 2.25. The minimum Gasteiger partial charge on any atom is -0.376 e. The van der Waals surface area contributed by atoms with Crippen molar-refractivity contribution in [2.24, 2.45) is 0 Å². The van der Waals surface area contributed by atoms with E-state index in [1.807, 2.05) is 4.68 Å². The Morgan fingerprint density at radius 1 is 1.43 bits per heavy atom. The minimum absolute atomic E-state index is 0.286. The fraction of sp³-hybridized carbons (Fsp3) is 0.750. The highest BCUT2D eigenvalue weighted by Crippen LogP contribution is 2.17. The van der Waals surface area contributed by atoms with Crippen LogP contribution in [0.25, 0.3) is 0 Å². The number of ether oxygens (including phenoxy) is 1. The fourth-order valence-corrected chi connectivity index (χ4v) is 2.55. The van der Waals surface area contributed by atoms with E-state index in [0.717, 1.165) is 24.3 Å². The van der Waals surface area contributed by atoms with Crippen LogP contribution < -0.4 is 0 Å². The lowest BCUT2D eigenvalue weighted by Gasteiger charge is -2.22. The molecule has 0 N–H and O–H groups in total. The van der Waals surface area contributed by atoms with Gasteiger partial charge in [-0.2, -0.15) is 4.98 Å². The van der Waals surface area contributed by atoms with Crippen LogP contribution in [0.4, 0.5) is 0 Å². The lowest BCUT2D eigenvalue weighted by atomic mass is 10.1. The van der Waals surface area contributed by atoms with Crippen LogP contribution in [-0.2, 0) is 11.3 Å². The molecule has 1 fully saturated rings. The van der Waals surface area contributed by atoms with Gasteiger partial charge in [-0.05, 0) is 51.1 Å². The molecule has 1 aliphatic rings. The molecule has 1 atom stereocenters. The van der Waals surface area contributed by atoms with Crippen molar-refractivity contribution in [1.82, 2.24) is 14.8 Å². The summed E-state index contributed by atoms with van der Waals surface area (Å²) in [6.07, 6.45) is 3.83. The summed E-state index contributed by atoms with van der Waals surface area (Å²) in [5, 5.41) is 4.20. The van der Waals surface area contributed by atoms with Crippen molar-refractivity contribution in [3.8, 4) is 0 Å². The molecule has 0 amide bonds. The Kier molecular flexibility index (Phi) is 3.57. The van der Waals surface area contributed by atoms with Crippen LogP contribution >= 0.6 is 31.9 Å². The molecule has 6 heteroatoms. The number of hydrogen-bond acceptors (Lipinski definition) is 3. The molecule has 1 aliphatic heterocycles. The van der Waals surface area contributed by atoms with Crippen molar-refractivity contribution in [3.63, 3.8) is 0 Å².